The number of nitrogens with one attached hydrogen (secondary N) is 1. The van der Waals surface area contributed by atoms with Crippen molar-refractivity contribution in [3.63, 3.8) is 0 Å². The fourth-order valence-corrected chi connectivity index (χ4v) is 2.69. The molecular formula is C14H21N3S. The Hall–Kier alpha value is -1.29. The van der Waals surface area contributed by atoms with Crippen molar-refractivity contribution < 1.29 is 0 Å². The van der Waals surface area contributed by atoms with Crippen molar-refractivity contribution in [2.75, 3.05) is 5.32 Å². The first-order chi connectivity index (χ1) is 8.49. The summed E-state index contributed by atoms with van der Waals surface area (Å²) in [6, 6.07) is 6.45. The average Bonchev–Trinajstić information content (AvgIpc) is 2.94. The Morgan fingerprint density at radius 2 is 2.06 bits per heavy atom. The zero-order valence-corrected chi connectivity index (χ0v) is 12.3. The van der Waals surface area contributed by atoms with E-state index >= 15 is 0 Å². The molecule has 18 heavy (non-hydrogen) atoms. The Bertz CT molecular complexity index is 505. The summed E-state index contributed by atoms with van der Waals surface area (Å²) in [6.07, 6.45) is 2.00. The summed E-state index contributed by atoms with van der Waals surface area (Å²) in [5.74, 6) is 0.947. The van der Waals surface area contributed by atoms with Gasteiger partial charge in [-0.1, -0.05) is 20.8 Å². The van der Waals surface area contributed by atoms with E-state index < -0.39 is 0 Å². The second-order valence-corrected chi connectivity index (χ2v) is 6.59. The second kappa shape index (κ2) is 5.14. The molecule has 0 saturated carbocycles. The number of thiophene rings is 1. The maximum absolute atomic E-state index is 4.41. The van der Waals surface area contributed by atoms with E-state index in [9.17, 15) is 0 Å². The van der Waals surface area contributed by atoms with Gasteiger partial charge in [0, 0.05) is 28.6 Å². The van der Waals surface area contributed by atoms with E-state index in [0.717, 1.165) is 18.9 Å². The van der Waals surface area contributed by atoms with Crippen molar-refractivity contribution in [1.29, 1.82) is 0 Å². The van der Waals surface area contributed by atoms with Crippen molar-refractivity contribution >= 4 is 17.2 Å². The number of rotatable bonds is 4. The van der Waals surface area contributed by atoms with Gasteiger partial charge in [0.05, 0.1) is 6.54 Å². The monoisotopic (exact) mass is 263 g/mol. The molecular weight excluding hydrogens is 242 g/mol. The van der Waals surface area contributed by atoms with E-state index in [0.29, 0.717) is 0 Å². The Kier molecular flexibility index (Phi) is 3.76. The highest BCUT2D eigenvalue weighted by molar-refractivity contribution is 7.12. The number of anilines is 1. The molecule has 3 nitrogen and oxygen atoms in total. The first-order valence-electron chi connectivity index (χ1n) is 6.35. The van der Waals surface area contributed by atoms with E-state index in [4.69, 9.17) is 0 Å². The summed E-state index contributed by atoms with van der Waals surface area (Å²) in [5.41, 5.74) is 0.243. The lowest BCUT2D eigenvalue weighted by Crippen LogP contribution is -2.07. The summed E-state index contributed by atoms with van der Waals surface area (Å²) in [5, 5.41) is 7.77. The van der Waals surface area contributed by atoms with Gasteiger partial charge in [0.25, 0.3) is 0 Å². The standard InChI is InChI=1S/C14H21N3S/c1-5-17-9-8-13(16-17)15-10-11-6-7-12(18-11)14(2,3)4/h6-9H,5,10H2,1-4H3,(H,15,16). The second-order valence-electron chi connectivity index (χ2n) is 5.43. The number of aromatic nitrogens is 2. The molecule has 0 atom stereocenters. The first kappa shape index (κ1) is 13.1. The quantitative estimate of drug-likeness (QED) is 0.907. The fraction of sp³-hybridized carbons (Fsp3) is 0.500. The maximum Gasteiger partial charge on any atom is 0.148 e. The van der Waals surface area contributed by atoms with Crippen molar-refractivity contribution in [2.24, 2.45) is 0 Å². The van der Waals surface area contributed by atoms with Crippen LogP contribution in [0.2, 0.25) is 0 Å². The Labute approximate surface area is 113 Å². The van der Waals surface area contributed by atoms with E-state index in [1.54, 1.807) is 0 Å². The largest absolute Gasteiger partial charge is 0.364 e. The van der Waals surface area contributed by atoms with Crippen molar-refractivity contribution in [3.8, 4) is 0 Å². The Balaban J connectivity index is 1.96. The van der Waals surface area contributed by atoms with Crippen molar-refractivity contribution in [3.05, 3.63) is 34.2 Å². The molecule has 1 N–H and O–H groups in total. The smallest absolute Gasteiger partial charge is 0.148 e. The molecule has 4 heteroatoms. The van der Waals surface area contributed by atoms with Crippen LogP contribution in [0.3, 0.4) is 0 Å². The van der Waals surface area contributed by atoms with Gasteiger partial charge in [0.1, 0.15) is 5.82 Å². The lowest BCUT2D eigenvalue weighted by Gasteiger charge is -2.15. The van der Waals surface area contributed by atoms with Crippen LogP contribution in [-0.2, 0) is 18.5 Å². The molecule has 0 spiro atoms. The van der Waals surface area contributed by atoms with Crippen LogP contribution in [0.1, 0.15) is 37.4 Å². The molecule has 0 fully saturated rings. The minimum atomic E-state index is 0.243. The van der Waals surface area contributed by atoms with E-state index in [2.05, 4.69) is 50.2 Å². The van der Waals surface area contributed by atoms with Crippen LogP contribution in [0.25, 0.3) is 0 Å². The van der Waals surface area contributed by atoms with Gasteiger partial charge in [-0.3, -0.25) is 4.68 Å². The lowest BCUT2D eigenvalue weighted by atomic mass is 9.95. The topological polar surface area (TPSA) is 29.9 Å². The van der Waals surface area contributed by atoms with Gasteiger partial charge in [0.2, 0.25) is 0 Å². The molecule has 0 aliphatic rings. The van der Waals surface area contributed by atoms with Crippen molar-refractivity contribution in [1.82, 2.24) is 9.78 Å². The van der Waals surface area contributed by atoms with Gasteiger partial charge >= 0.3 is 0 Å². The molecule has 0 aromatic carbocycles. The van der Waals surface area contributed by atoms with Gasteiger partial charge in [-0.2, -0.15) is 5.10 Å². The number of nitrogens with zero attached hydrogens (tertiary/aromatic N) is 2. The van der Waals surface area contributed by atoms with Crippen LogP contribution >= 0.6 is 11.3 Å². The summed E-state index contributed by atoms with van der Waals surface area (Å²) in [6.45, 7) is 10.6. The summed E-state index contributed by atoms with van der Waals surface area (Å²) < 4.78 is 1.93. The highest BCUT2D eigenvalue weighted by atomic mass is 32.1. The molecule has 0 radical (unpaired) electrons. The maximum atomic E-state index is 4.41. The van der Waals surface area contributed by atoms with E-state index in [1.807, 2.05) is 28.3 Å². The normalized spacial score (nSPS) is 11.8. The highest BCUT2D eigenvalue weighted by Crippen LogP contribution is 2.29. The number of aryl methyl sites for hydroxylation is 1. The third kappa shape index (κ3) is 3.13. The summed E-state index contributed by atoms with van der Waals surface area (Å²) in [4.78, 5) is 2.78. The van der Waals surface area contributed by atoms with Crippen LogP contribution in [0, 0.1) is 0 Å². The Morgan fingerprint density at radius 1 is 1.28 bits per heavy atom. The minimum absolute atomic E-state index is 0.243. The zero-order valence-electron chi connectivity index (χ0n) is 11.5. The highest BCUT2D eigenvalue weighted by Gasteiger charge is 2.15. The van der Waals surface area contributed by atoms with Crippen LogP contribution in [-0.4, -0.2) is 9.78 Å². The molecule has 98 valence electrons. The van der Waals surface area contributed by atoms with Crippen LogP contribution < -0.4 is 5.32 Å². The fourth-order valence-electron chi connectivity index (χ4n) is 1.69. The number of hydrogen-bond donors (Lipinski definition) is 1. The predicted octanol–water partition coefficient (Wildman–Crippen LogP) is 3.87. The predicted molar refractivity (Wildman–Crippen MR) is 78.2 cm³/mol. The molecule has 0 aliphatic carbocycles. The van der Waals surface area contributed by atoms with Gasteiger partial charge in [0.15, 0.2) is 0 Å². The first-order valence-corrected chi connectivity index (χ1v) is 7.17. The molecule has 0 saturated heterocycles. The van der Waals surface area contributed by atoms with E-state index in [1.165, 1.54) is 9.75 Å². The van der Waals surface area contributed by atoms with Crippen LogP contribution in [0.5, 0.6) is 0 Å². The molecule has 2 rings (SSSR count). The minimum Gasteiger partial charge on any atom is -0.364 e. The SMILES string of the molecule is CCn1ccc(NCc2ccc(C(C)(C)C)s2)n1. The van der Waals surface area contributed by atoms with Crippen LogP contribution in [0.15, 0.2) is 24.4 Å². The van der Waals surface area contributed by atoms with Gasteiger partial charge in [-0.25, -0.2) is 0 Å². The molecule has 0 unspecified atom stereocenters. The van der Waals surface area contributed by atoms with Gasteiger partial charge < -0.3 is 5.32 Å². The molecule has 2 aromatic heterocycles. The lowest BCUT2D eigenvalue weighted by molar-refractivity contribution is 0.604. The molecule has 2 aromatic rings. The average molecular weight is 263 g/mol. The van der Waals surface area contributed by atoms with Gasteiger partial charge in [-0.15, -0.1) is 11.3 Å². The third-order valence-corrected chi connectivity index (χ3v) is 4.32. The van der Waals surface area contributed by atoms with E-state index in [-0.39, 0.29) is 5.41 Å². The molecule has 0 amide bonds. The van der Waals surface area contributed by atoms with Gasteiger partial charge in [-0.05, 0) is 24.5 Å². The Morgan fingerprint density at radius 3 is 2.61 bits per heavy atom. The summed E-state index contributed by atoms with van der Waals surface area (Å²) in [7, 11) is 0. The van der Waals surface area contributed by atoms with Crippen LogP contribution in [0.4, 0.5) is 5.82 Å². The molecule has 0 aliphatic heterocycles. The summed E-state index contributed by atoms with van der Waals surface area (Å²) >= 11 is 1.87. The van der Waals surface area contributed by atoms with Crippen molar-refractivity contribution in [2.45, 2.75) is 46.2 Å². The number of hydrogen-bond acceptors (Lipinski definition) is 3. The zero-order chi connectivity index (χ0) is 13.2. The third-order valence-electron chi connectivity index (χ3n) is 2.81. The molecule has 0 bridgehead atoms. The molecule has 2 heterocycles.